The van der Waals surface area contributed by atoms with Crippen LogP contribution in [0.2, 0.25) is 0 Å². The van der Waals surface area contributed by atoms with E-state index in [1.807, 2.05) is 6.08 Å². The van der Waals surface area contributed by atoms with Crippen LogP contribution in [0.3, 0.4) is 0 Å². The number of allylic oxidation sites excluding steroid dienone is 2. The van der Waals surface area contributed by atoms with Crippen LogP contribution in [0.1, 0.15) is 47.0 Å². The lowest BCUT2D eigenvalue weighted by molar-refractivity contribution is -0.126. The summed E-state index contributed by atoms with van der Waals surface area (Å²) >= 11 is 0. The molecular formula is C15H22O2. The summed E-state index contributed by atoms with van der Waals surface area (Å²) in [5, 5.41) is 9.84. The highest BCUT2D eigenvalue weighted by Gasteiger charge is 2.48. The molecule has 1 saturated carbocycles. The fourth-order valence-electron chi connectivity index (χ4n) is 3.05. The maximum atomic E-state index is 11.9. The third kappa shape index (κ3) is 1.79. The first-order valence-electron chi connectivity index (χ1n) is 6.37. The fraction of sp³-hybridized carbons (Fsp3) is 0.667. The molecule has 0 aliphatic heterocycles. The average molecular weight is 234 g/mol. The second-order valence-electron chi connectivity index (χ2n) is 6.51. The third-order valence-corrected chi connectivity index (χ3v) is 4.98. The molecular weight excluding hydrogens is 212 g/mol. The monoisotopic (exact) mass is 234 g/mol. The molecule has 0 spiro atoms. The van der Waals surface area contributed by atoms with Crippen LogP contribution in [-0.2, 0) is 4.79 Å². The Kier molecular flexibility index (Phi) is 2.62. The Morgan fingerprint density at radius 3 is 2.29 bits per heavy atom. The lowest BCUT2D eigenvalue weighted by atomic mass is 9.63. The molecule has 2 aliphatic carbocycles. The third-order valence-electron chi connectivity index (χ3n) is 4.98. The summed E-state index contributed by atoms with van der Waals surface area (Å²) < 4.78 is 0. The molecule has 0 aromatic carbocycles. The van der Waals surface area contributed by atoms with Crippen LogP contribution in [0, 0.1) is 10.8 Å². The van der Waals surface area contributed by atoms with Crippen LogP contribution in [0.4, 0.5) is 0 Å². The predicted octanol–water partition coefficient (Wildman–Crippen LogP) is 3.02. The predicted molar refractivity (Wildman–Crippen MR) is 68.6 cm³/mol. The van der Waals surface area contributed by atoms with Crippen molar-refractivity contribution in [1.82, 2.24) is 0 Å². The molecule has 0 bridgehead atoms. The van der Waals surface area contributed by atoms with E-state index in [1.54, 1.807) is 19.1 Å². The number of ketones is 1. The van der Waals surface area contributed by atoms with Gasteiger partial charge < -0.3 is 5.11 Å². The van der Waals surface area contributed by atoms with Gasteiger partial charge in [-0.3, -0.25) is 4.79 Å². The van der Waals surface area contributed by atoms with Gasteiger partial charge >= 0.3 is 0 Å². The van der Waals surface area contributed by atoms with E-state index in [0.717, 1.165) is 12.0 Å². The number of carbonyl (C=O) groups excluding carboxylic acids is 1. The van der Waals surface area contributed by atoms with E-state index >= 15 is 0 Å². The maximum absolute atomic E-state index is 11.9. The van der Waals surface area contributed by atoms with Gasteiger partial charge in [0.1, 0.15) is 5.60 Å². The van der Waals surface area contributed by atoms with Gasteiger partial charge in [-0.15, -0.1) is 0 Å². The summed E-state index contributed by atoms with van der Waals surface area (Å²) in [5.74, 6) is -0.195. The van der Waals surface area contributed by atoms with E-state index < -0.39 is 5.60 Å². The van der Waals surface area contributed by atoms with Crippen molar-refractivity contribution in [3.05, 3.63) is 23.8 Å². The van der Waals surface area contributed by atoms with Crippen molar-refractivity contribution in [2.24, 2.45) is 10.8 Å². The van der Waals surface area contributed by atoms with E-state index in [-0.39, 0.29) is 16.6 Å². The lowest BCUT2D eigenvalue weighted by Gasteiger charge is -2.41. The summed E-state index contributed by atoms with van der Waals surface area (Å²) in [7, 11) is 0. The van der Waals surface area contributed by atoms with Crippen LogP contribution >= 0.6 is 0 Å². The number of hydrogen-bond acceptors (Lipinski definition) is 2. The summed E-state index contributed by atoms with van der Waals surface area (Å²) in [6.07, 6.45) is 8.73. The van der Waals surface area contributed by atoms with Gasteiger partial charge in [0, 0.05) is 0 Å². The summed E-state index contributed by atoms with van der Waals surface area (Å²) in [4.78, 5) is 11.9. The minimum absolute atomic E-state index is 0.0513. The molecule has 2 atom stereocenters. The van der Waals surface area contributed by atoms with Gasteiger partial charge in [-0.1, -0.05) is 33.3 Å². The number of carbonyl (C=O) groups is 1. The molecule has 2 aliphatic rings. The Balaban J connectivity index is 2.38. The van der Waals surface area contributed by atoms with Crippen LogP contribution in [0.25, 0.3) is 0 Å². The molecule has 1 fully saturated rings. The zero-order valence-corrected chi connectivity index (χ0v) is 11.2. The maximum Gasteiger partial charge on any atom is 0.191 e. The van der Waals surface area contributed by atoms with Gasteiger partial charge in [0.2, 0.25) is 0 Å². The molecule has 94 valence electrons. The number of hydrogen-bond donors (Lipinski definition) is 1. The van der Waals surface area contributed by atoms with Gasteiger partial charge in [-0.05, 0) is 48.3 Å². The summed E-state index contributed by atoms with van der Waals surface area (Å²) in [5.41, 5.74) is 0.0294. The Morgan fingerprint density at radius 2 is 1.82 bits per heavy atom. The molecule has 2 heteroatoms. The number of aliphatic hydroxyl groups is 1. The summed E-state index contributed by atoms with van der Waals surface area (Å²) in [6, 6.07) is 0. The lowest BCUT2D eigenvalue weighted by Crippen LogP contribution is -2.38. The zero-order chi connectivity index (χ0) is 12.9. The van der Waals surface area contributed by atoms with Gasteiger partial charge in [-0.2, -0.15) is 0 Å². The zero-order valence-electron chi connectivity index (χ0n) is 11.2. The highest BCUT2D eigenvalue weighted by molar-refractivity contribution is 6.00. The van der Waals surface area contributed by atoms with Crippen molar-refractivity contribution < 1.29 is 9.90 Å². The highest BCUT2D eigenvalue weighted by Crippen LogP contribution is 2.57. The smallest absolute Gasteiger partial charge is 0.191 e. The van der Waals surface area contributed by atoms with Gasteiger partial charge in [0.25, 0.3) is 0 Å². The Labute approximate surface area is 103 Å². The Bertz CT molecular complexity index is 413. The quantitative estimate of drug-likeness (QED) is 0.757. The SMILES string of the molecule is CC1(C)CCC[C@]1(C)C1=CC(=O)[C@](C)(O)C=C1. The average Bonchev–Trinajstić information content (AvgIpc) is 2.47. The molecule has 0 radical (unpaired) electrons. The highest BCUT2D eigenvalue weighted by atomic mass is 16.3. The van der Waals surface area contributed by atoms with Crippen LogP contribution < -0.4 is 0 Å². The van der Waals surface area contributed by atoms with Gasteiger partial charge in [-0.25, -0.2) is 0 Å². The Hall–Kier alpha value is -0.890. The van der Waals surface area contributed by atoms with Crippen LogP contribution in [-0.4, -0.2) is 16.5 Å². The van der Waals surface area contributed by atoms with E-state index in [9.17, 15) is 9.90 Å². The van der Waals surface area contributed by atoms with Gasteiger partial charge in [0.15, 0.2) is 5.78 Å². The minimum atomic E-state index is -1.32. The van der Waals surface area contributed by atoms with E-state index in [0.29, 0.717) is 0 Å². The first kappa shape index (κ1) is 12.6. The molecule has 17 heavy (non-hydrogen) atoms. The first-order valence-corrected chi connectivity index (χ1v) is 6.37. The van der Waals surface area contributed by atoms with Crippen molar-refractivity contribution in [2.45, 2.75) is 52.6 Å². The van der Waals surface area contributed by atoms with Gasteiger partial charge in [0.05, 0.1) is 0 Å². The standard InChI is InChI=1S/C15H22O2/c1-13(2)7-5-8-14(13,3)11-6-9-15(4,17)12(16)10-11/h6,9-10,17H,5,7-8H2,1-4H3/t14-,15-/m1/s1. The molecule has 0 saturated heterocycles. The molecule has 0 amide bonds. The number of rotatable bonds is 1. The Morgan fingerprint density at radius 1 is 1.18 bits per heavy atom. The fourth-order valence-corrected chi connectivity index (χ4v) is 3.05. The van der Waals surface area contributed by atoms with Crippen molar-refractivity contribution in [1.29, 1.82) is 0 Å². The topological polar surface area (TPSA) is 37.3 Å². The van der Waals surface area contributed by atoms with E-state index in [4.69, 9.17) is 0 Å². The van der Waals surface area contributed by atoms with E-state index in [1.165, 1.54) is 12.8 Å². The summed E-state index contributed by atoms with van der Waals surface area (Å²) in [6.45, 7) is 8.32. The minimum Gasteiger partial charge on any atom is -0.378 e. The normalized spacial score (nSPS) is 40.5. The molecule has 0 unspecified atom stereocenters. The van der Waals surface area contributed by atoms with Crippen molar-refractivity contribution in [3.8, 4) is 0 Å². The first-order chi connectivity index (χ1) is 7.69. The van der Waals surface area contributed by atoms with Crippen LogP contribution in [0.5, 0.6) is 0 Å². The van der Waals surface area contributed by atoms with Crippen molar-refractivity contribution in [2.75, 3.05) is 0 Å². The molecule has 0 heterocycles. The van der Waals surface area contributed by atoms with Crippen LogP contribution in [0.15, 0.2) is 23.8 Å². The molecule has 1 N–H and O–H groups in total. The molecule has 2 rings (SSSR count). The second kappa shape index (κ2) is 3.55. The molecule has 0 aromatic heterocycles. The van der Waals surface area contributed by atoms with Crippen molar-refractivity contribution in [3.63, 3.8) is 0 Å². The largest absolute Gasteiger partial charge is 0.378 e. The van der Waals surface area contributed by atoms with E-state index in [2.05, 4.69) is 20.8 Å². The molecule has 0 aromatic rings. The second-order valence-corrected chi connectivity index (χ2v) is 6.51. The molecule has 2 nitrogen and oxygen atoms in total. The van der Waals surface area contributed by atoms with Crippen molar-refractivity contribution >= 4 is 5.78 Å².